The van der Waals surface area contributed by atoms with E-state index in [1.54, 1.807) is 12.1 Å². The van der Waals surface area contributed by atoms with Gasteiger partial charge in [0.05, 0.1) is 6.26 Å². The van der Waals surface area contributed by atoms with Gasteiger partial charge in [0.1, 0.15) is 17.1 Å². The van der Waals surface area contributed by atoms with E-state index >= 15 is 0 Å². The number of aromatic carboxylic acids is 1. The summed E-state index contributed by atoms with van der Waals surface area (Å²) in [5, 5.41) is 9.24. The van der Waals surface area contributed by atoms with Gasteiger partial charge in [-0.3, -0.25) is 0 Å². The minimum absolute atomic E-state index is 0.127. The second kappa shape index (κ2) is 5.04. The van der Waals surface area contributed by atoms with Gasteiger partial charge in [-0.2, -0.15) is 0 Å². The molecular weight excluding hydrogens is 235 g/mol. The molecule has 0 aliphatic heterocycles. The number of aryl methyl sites for hydroxylation is 1. The van der Waals surface area contributed by atoms with Crippen LogP contribution < -0.4 is 0 Å². The second-order valence-corrected chi connectivity index (χ2v) is 4.01. The average Bonchev–Trinajstić information content (AvgIpc) is 2.73. The van der Waals surface area contributed by atoms with E-state index in [0.717, 1.165) is 6.42 Å². The third kappa shape index (κ3) is 2.27. The van der Waals surface area contributed by atoms with Gasteiger partial charge < -0.3 is 9.52 Å². The maximum atomic E-state index is 13.2. The lowest BCUT2D eigenvalue weighted by Crippen LogP contribution is -2.01. The highest BCUT2D eigenvalue weighted by molar-refractivity contribution is 5.97. The van der Waals surface area contributed by atoms with E-state index in [1.165, 1.54) is 18.4 Å². The molecule has 1 aromatic carbocycles. The topological polar surface area (TPSA) is 50.4 Å². The van der Waals surface area contributed by atoms with Crippen molar-refractivity contribution in [3.05, 3.63) is 47.7 Å². The lowest BCUT2D eigenvalue weighted by Gasteiger charge is -2.01. The van der Waals surface area contributed by atoms with Crippen molar-refractivity contribution in [3.63, 3.8) is 0 Å². The van der Waals surface area contributed by atoms with Crippen molar-refractivity contribution in [2.75, 3.05) is 0 Å². The van der Waals surface area contributed by atoms with Crippen molar-refractivity contribution < 1.29 is 18.7 Å². The summed E-state index contributed by atoms with van der Waals surface area (Å²) in [5.74, 6) is -1.02. The first kappa shape index (κ1) is 12.4. The zero-order chi connectivity index (χ0) is 13.1. The number of furan rings is 1. The molecule has 0 spiro atoms. The maximum Gasteiger partial charge on any atom is 0.339 e. The van der Waals surface area contributed by atoms with Crippen molar-refractivity contribution in [2.45, 2.75) is 19.8 Å². The molecule has 0 unspecified atom stereocenters. The average molecular weight is 248 g/mol. The van der Waals surface area contributed by atoms with Gasteiger partial charge in [0.25, 0.3) is 0 Å². The van der Waals surface area contributed by atoms with E-state index in [2.05, 4.69) is 0 Å². The van der Waals surface area contributed by atoms with Gasteiger partial charge in [-0.05, 0) is 24.1 Å². The number of rotatable bonds is 4. The van der Waals surface area contributed by atoms with Gasteiger partial charge in [0.2, 0.25) is 0 Å². The van der Waals surface area contributed by atoms with Crippen LogP contribution >= 0.6 is 0 Å². The largest absolute Gasteiger partial charge is 0.478 e. The number of halogens is 1. The van der Waals surface area contributed by atoms with Crippen LogP contribution in [0.2, 0.25) is 0 Å². The predicted molar refractivity (Wildman–Crippen MR) is 65.1 cm³/mol. The minimum Gasteiger partial charge on any atom is -0.478 e. The van der Waals surface area contributed by atoms with Crippen molar-refractivity contribution in [3.8, 4) is 11.1 Å². The van der Waals surface area contributed by atoms with Gasteiger partial charge >= 0.3 is 5.97 Å². The first-order valence-corrected chi connectivity index (χ1v) is 5.73. The molecule has 18 heavy (non-hydrogen) atoms. The monoisotopic (exact) mass is 248 g/mol. The lowest BCUT2D eigenvalue weighted by atomic mass is 10.0. The van der Waals surface area contributed by atoms with Crippen LogP contribution in [0.25, 0.3) is 11.1 Å². The Labute approximate surface area is 104 Å². The quantitative estimate of drug-likeness (QED) is 0.896. The summed E-state index contributed by atoms with van der Waals surface area (Å²) in [7, 11) is 0. The van der Waals surface area contributed by atoms with Gasteiger partial charge in [0, 0.05) is 12.0 Å². The van der Waals surface area contributed by atoms with E-state index in [9.17, 15) is 14.3 Å². The molecule has 0 aliphatic rings. The number of carboxylic acids is 1. The van der Waals surface area contributed by atoms with Gasteiger partial charge in [0.15, 0.2) is 0 Å². The van der Waals surface area contributed by atoms with E-state index in [0.29, 0.717) is 23.3 Å². The Hall–Kier alpha value is -2.10. The van der Waals surface area contributed by atoms with E-state index < -0.39 is 11.8 Å². The van der Waals surface area contributed by atoms with Crippen molar-refractivity contribution in [2.24, 2.45) is 0 Å². The van der Waals surface area contributed by atoms with Gasteiger partial charge in [-0.25, -0.2) is 9.18 Å². The highest BCUT2D eigenvalue weighted by Gasteiger charge is 2.20. The van der Waals surface area contributed by atoms with Crippen molar-refractivity contribution >= 4 is 5.97 Å². The molecule has 0 fully saturated rings. The van der Waals surface area contributed by atoms with Crippen LogP contribution in [-0.4, -0.2) is 11.1 Å². The minimum atomic E-state index is -1.05. The number of carboxylic acid groups (broad SMARTS) is 1. The molecule has 2 rings (SSSR count). The molecule has 0 atom stereocenters. The van der Waals surface area contributed by atoms with Crippen LogP contribution in [0.15, 0.2) is 34.9 Å². The summed E-state index contributed by atoms with van der Waals surface area (Å²) in [5.41, 5.74) is 1.06. The molecule has 0 saturated carbocycles. The van der Waals surface area contributed by atoms with Crippen molar-refractivity contribution in [1.82, 2.24) is 0 Å². The second-order valence-electron chi connectivity index (χ2n) is 4.01. The zero-order valence-electron chi connectivity index (χ0n) is 9.94. The Kier molecular flexibility index (Phi) is 3.46. The molecule has 0 aliphatic carbocycles. The summed E-state index contributed by atoms with van der Waals surface area (Å²) in [4.78, 5) is 11.3. The Morgan fingerprint density at radius 3 is 2.83 bits per heavy atom. The van der Waals surface area contributed by atoms with Gasteiger partial charge in [-0.1, -0.05) is 19.1 Å². The molecule has 1 N–H and O–H groups in total. The summed E-state index contributed by atoms with van der Waals surface area (Å²) in [6.45, 7) is 1.94. The number of carbonyl (C=O) groups is 1. The van der Waals surface area contributed by atoms with E-state index in [-0.39, 0.29) is 5.56 Å². The molecule has 0 saturated heterocycles. The molecule has 0 amide bonds. The highest BCUT2D eigenvalue weighted by atomic mass is 19.1. The molecule has 4 heteroatoms. The molecule has 3 nitrogen and oxygen atoms in total. The van der Waals surface area contributed by atoms with E-state index in [1.807, 2.05) is 6.92 Å². The van der Waals surface area contributed by atoms with Crippen LogP contribution in [0.3, 0.4) is 0 Å². The standard InChI is InChI=1S/C14H13FO3/c1-2-4-12-13(14(16)17)11(8-18-12)9-5-3-6-10(15)7-9/h3,5-8H,2,4H2,1H3,(H,16,17). The van der Waals surface area contributed by atoms with Crippen LogP contribution in [-0.2, 0) is 6.42 Å². The third-order valence-corrected chi connectivity index (χ3v) is 2.69. The highest BCUT2D eigenvalue weighted by Crippen LogP contribution is 2.29. The van der Waals surface area contributed by atoms with Crippen LogP contribution in [0, 0.1) is 5.82 Å². The maximum absolute atomic E-state index is 13.2. The first-order valence-electron chi connectivity index (χ1n) is 5.73. The SMILES string of the molecule is CCCc1occ(-c2cccc(F)c2)c1C(=O)O. The lowest BCUT2D eigenvalue weighted by molar-refractivity contribution is 0.0695. The van der Waals surface area contributed by atoms with Crippen LogP contribution in [0.1, 0.15) is 29.5 Å². The summed E-state index contributed by atoms with van der Waals surface area (Å²) >= 11 is 0. The fourth-order valence-corrected chi connectivity index (χ4v) is 1.91. The number of hydrogen-bond acceptors (Lipinski definition) is 2. The fraction of sp³-hybridized carbons (Fsp3) is 0.214. The third-order valence-electron chi connectivity index (χ3n) is 2.69. The fourth-order valence-electron chi connectivity index (χ4n) is 1.91. The molecule has 1 heterocycles. The molecule has 1 aromatic heterocycles. The van der Waals surface area contributed by atoms with E-state index in [4.69, 9.17) is 4.42 Å². The predicted octanol–water partition coefficient (Wildman–Crippen LogP) is 3.74. The number of benzene rings is 1. The molecular formula is C14H13FO3. The Morgan fingerprint density at radius 2 is 2.22 bits per heavy atom. The molecule has 0 radical (unpaired) electrons. The summed E-state index contributed by atoms with van der Waals surface area (Å²) in [6.07, 6.45) is 2.72. The normalized spacial score (nSPS) is 10.6. The van der Waals surface area contributed by atoms with Crippen LogP contribution in [0.4, 0.5) is 4.39 Å². The summed E-state index contributed by atoms with van der Waals surface area (Å²) in [6, 6.07) is 5.82. The zero-order valence-corrected chi connectivity index (χ0v) is 9.94. The van der Waals surface area contributed by atoms with Crippen LogP contribution in [0.5, 0.6) is 0 Å². The first-order chi connectivity index (χ1) is 8.63. The van der Waals surface area contributed by atoms with Crippen molar-refractivity contribution in [1.29, 1.82) is 0 Å². The summed E-state index contributed by atoms with van der Waals surface area (Å²) < 4.78 is 18.5. The Bertz CT molecular complexity index is 572. The smallest absolute Gasteiger partial charge is 0.339 e. The molecule has 94 valence electrons. The number of hydrogen-bond donors (Lipinski definition) is 1. The molecule has 0 bridgehead atoms. The Morgan fingerprint density at radius 1 is 1.44 bits per heavy atom. The Balaban J connectivity index is 2.54. The molecule has 2 aromatic rings. The van der Waals surface area contributed by atoms with Gasteiger partial charge in [-0.15, -0.1) is 0 Å².